The molecule has 3 atom stereocenters. The molecule has 1 saturated carbocycles. The van der Waals surface area contributed by atoms with Gasteiger partial charge in [0.05, 0.1) is 5.92 Å². The summed E-state index contributed by atoms with van der Waals surface area (Å²) in [7, 11) is 0. The molecule has 1 fully saturated rings. The van der Waals surface area contributed by atoms with E-state index in [1.165, 1.54) is 0 Å². The van der Waals surface area contributed by atoms with Crippen LogP contribution >= 0.6 is 0 Å². The van der Waals surface area contributed by atoms with Crippen molar-refractivity contribution in [2.24, 2.45) is 17.3 Å². The van der Waals surface area contributed by atoms with Gasteiger partial charge >= 0.3 is 5.97 Å². The summed E-state index contributed by atoms with van der Waals surface area (Å²) in [4.78, 5) is 22.9. The predicted molar refractivity (Wildman–Crippen MR) is 70.1 cm³/mol. The van der Waals surface area contributed by atoms with Crippen LogP contribution in [0.15, 0.2) is 0 Å². The molecular formula is C14H25NO3. The van der Waals surface area contributed by atoms with Crippen LogP contribution in [0.5, 0.6) is 0 Å². The fraction of sp³-hybridized carbons (Fsp3) is 0.857. The lowest BCUT2D eigenvalue weighted by Gasteiger charge is -2.19. The van der Waals surface area contributed by atoms with E-state index in [-0.39, 0.29) is 29.2 Å². The number of carboxylic acids is 1. The molecule has 1 rings (SSSR count). The van der Waals surface area contributed by atoms with Gasteiger partial charge < -0.3 is 10.4 Å². The van der Waals surface area contributed by atoms with Gasteiger partial charge in [0, 0.05) is 12.5 Å². The largest absolute Gasteiger partial charge is 0.481 e. The van der Waals surface area contributed by atoms with Gasteiger partial charge in [-0.05, 0) is 24.2 Å². The Morgan fingerprint density at radius 3 is 2.28 bits per heavy atom. The van der Waals surface area contributed by atoms with Gasteiger partial charge in [0.15, 0.2) is 0 Å². The van der Waals surface area contributed by atoms with Crippen molar-refractivity contribution in [3.8, 4) is 0 Å². The summed E-state index contributed by atoms with van der Waals surface area (Å²) < 4.78 is 0. The van der Waals surface area contributed by atoms with Crippen molar-refractivity contribution in [3.63, 3.8) is 0 Å². The fourth-order valence-electron chi connectivity index (χ4n) is 2.76. The maximum atomic E-state index is 11.8. The Bertz CT molecular complexity index is 319. The molecule has 0 bridgehead atoms. The molecule has 0 radical (unpaired) electrons. The average Bonchev–Trinajstić information content (AvgIpc) is 2.57. The number of rotatable bonds is 4. The minimum atomic E-state index is -0.727. The molecular weight excluding hydrogens is 230 g/mol. The number of nitrogens with one attached hydrogen (secondary N) is 1. The third kappa shape index (κ3) is 4.31. The minimum Gasteiger partial charge on any atom is -0.481 e. The molecule has 1 aliphatic carbocycles. The highest BCUT2D eigenvalue weighted by atomic mass is 16.4. The van der Waals surface area contributed by atoms with Gasteiger partial charge in [-0.2, -0.15) is 0 Å². The highest BCUT2D eigenvalue weighted by Crippen LogP contribution is 2.34. The first-order valence-corrected chi connectivity index (χ1v) is 6.75. The molecule has 0 aromatic rings. The number of carbonyl (C=O) groups excluding carboxylic acids is 1. The second-order valence-electron chi connectivity index (χ2n) is 6.59. The monoisotopic (exact) mass is 255 g/mol. The summed E-state index contributed by atoms with van der Waals surface area (Å²) in [5, 5.41) is 12.1. The zero-order valence-electron chi connectivity index (χ0n) is 11.8. The predicted octanol–water partition coefficient (Wildman–Crippen LogP) is 2.43. The summed E-state index contributed by atoms with van der Waals surface area (Å²) in [6.07, 6.45) is 2.72. The van der Waals surface area contributed by atoms with Crippen molar-refractivity contribution >= 4 is 11.9 Å². The van der Waals surface area contributed by atoms with Crippen molar-refractivity contribution in [1.29, 1.82) is 0 Å². The first-order chi connectivity index (χ1) is 8.23. The van der Waals surface area contributed by atoms with E-state index in [9.17, 15) is 9.59 Å². The lowest BCUT2D eigenvalue weighted by Crippen LogP contribution is -2.35. The van der Waals surface area contributed by atoms with Crippen molar-refractivity contribution in [1.82, 2.24) is 5.32 Å². The summed E-state index contributed by atoms with van der Waals surface area (Å²) >= 11 is 0. The lowest BCUT2D eigenvalue weighted by molar-refractivity contribution is -0.143. The fourth-order valence-corrected chi connectivity index (χ4v) is 2.76. The standard InChI is InChI=1S/C14H25NO3/c1-5-9-6-10(7-11(9)13(17)18)15-12(16)8-14(2,3)4/h9-11H,5-8H2,1-4H3,(H,15,16)(H,17,18). The van der Waals surface area contributed by atoms with E-state index in [4.69, 9.17) is 5.11 Å². The number of aliphatic carboxylic acids is 1. The lowest BCUT2D eigenvalue weighted by atomic mass is 9.92. The first kappa shape index (κ1) is 15.0. The quantitative estimate of drug-likeness (QED) is 0.810. The number of hydrogen-bond donors (Lipinski definition) is 2. The molecule has 0 spiro atoms. The molecule has 3 unspecified atom stereocenters. The van der Waals surface area contributed by atoms with Crippen LogP contribution in [0.2, 0.25) is 0 Å². The zero-order valence-corrected chi connectivity index (χ0v) is 11.8. The van der Waals surface area contributed by atoms with Crippen molar-refractivity contribution in [3.05, 3.63) is 0 Å². The Morgan fingerprint density at radius 2 is 1.89 bits per heavy atom. The molecule has 4 heteroatoms. The van der Waals surface area contributed by atoms with E-state index < -0.39 is 5.97 Å². The second-order valence-corrected chi connectivity index (χ2v) is 6.59. The molecule has 0 aromatic heterocycles. The molecule has 104 valence electrons. The van der Waals surface area contributed by atoms with E-state index in [2.05, 4.69) is 5.32 Å². The Labute approximate surface area is 109 Å². The third-order valence-electron chi connectivity index (χ3n) is 3.59. The summed E-state index contributed by atoms with van der Waals surface area (Å²) in [5.41, 5.74) is -0.0287. The van der Waals surface area contributed by atoms with E-state index in [1.807, 2.05) is 27.7 Å². The molecule has 2 N–H and O–H groups in total. The van der Waals surface area contributed by atoms with Crippen LogP contribution < -0.4 is 5.32 Å². The molecule has 0 heterocycles. The van der Waals surface area contributed by atoms with Gasteiger partial charge in [-0.15, -0.1) is 0 Å². The van der Waals surface area contributed by atoms with E-state index in [0.29, 0.717) is 12.8 Å². The van der Waals surface area contributed by atoms with Gasteiger partial charge in [0.1, 0.15) is 0 Å². The second kappa shape index (κ2) is 5.72. The van der Waals surface area contributed by atoms with Gasteiger partial charge in [0.25, 0.3) is 0 Å². The van der Waals surface area contributed by atoms with E-state index in [0.717, 1.165) is 12.8 Å². The highest BCUT2D eigenvalue weighted by Gasteiger charge is 2.38. The van der Waals surface area contributed by atoms with E-state index in [1.54, 1.807) is 0 Å². The first-order valence-electron chi connectivity index (χ1n) is 6.75. The maximum absolute atomic E-state index is 11.8. The summed E-state index contributed by atoms with van der Waals surface area (Å²) in [6.45, 7) is 8.09. The number of hydrogen-bond acceptors (Lipinski definition) is 2. The Hall–Kier alpha value is -1.06. The molecule has 1 amide bonds. The number of carbonyl (C=O) groups is 2. The summed E-state index contributed by atoms with van der Waals surface area (Å²) in [6, 6.07) is 0.0332. The number of amides is 1. The third-order valence-corrected chi connectivity index (χ3v) is 3.59. The van der Waals surface area contributed by atoms with Gasteiger partial charge in [-0.25, -0.2) is 0 Å². The van der Waals surface area contributed by atoms with Crippen LogP contribution in [-0.2, 0) is 9.59 Å². The molecule has 18 heavy (non-hydrogen) atoms. The van der Waals surface area contributed by atoms with Crippen LogP contribution in [0, 0.1) is 17.3 Å². The molecule has 0 aliphatic heterocycles. The highest BCUT2D eigenvalue weighted by molar-refractivity contribution is 5.77. The van der Waals surface area contributed by atoms with Crippen LogP contribution in [0.25, 0.3) is 0 Å². The van der Waals surface area contributed by atoms with E-state index >= 15 is 0 Å². The van der Waals surface area contributed by atoms with Crippen LogP contribution in [0.4, 0.5) is 0 Å². The molecule has 4 nitrogen and oxygen atoms in total. The Kier molecular flexibility index (Phi) is 4.77. The molecule has 0 aromatic carbocycles. The number of carboxylic acid groups (broad SMARTS) is 1. The smallest absolute Gasteiger partial charge is 0.306 e. The van der Waals surface area contributed by atoms with Crippen LogP contribution in [-0.4, -0.2) is 23.0 Å². The zero-order chi connectivity index (χ0) is 13.9. The van der Waals surface area contributed by atoms with Crippen molar-refractivity contribution in [2.45, 2.75) is 59.4 Å². The topological polar surface area (TPSA) is 66.4 Å². The SMILES string of the molecule is CCC1CC(NC(=O)CC(C)(C)C)CC1C(=O)O. The molecule has 0 saturated heterocycles. The van der Waals surface area contributed by atoms with Crippen molar-refractivity contribution < 1.29 is 14.7 Å². The normalized spacial score (nSPS) is 28.1. The van der Waals surface area contributed by atoms with Gasteiger partial charge in [0.2, 0.25) is 5.91 Å². The van der Waals surface area contributed by atoms with Gasteiger partial charge in [-0.1, -0.05) is 34.1 Å². The minimum absolute atomic E-state index is 0.0287. The van der Waals surface area contributed by atoms with Crippen molar-refractivity contribution in [2.75, 3.05) is 0 Å². The van der Waals surface area contributed by atoms with Crippen LogP contribution in [0.1, 0.15) is 53.4 Å². The van der Waals surface area contributed by atoms with Crippen LogP contribution in [0.3, 0.4) is 0 Å². The maximum Gasteiger partial charge on any atom is 0.306 e. The average molecular weight is 255 g/mol. The summed E-state index contributed by atoms with van der Waals surface area (Å²) in [5.74, 6) is -0.791. The van der Waals surface area contributed by atoms with Gasteiger partial charge in [-0.3, -0.25) is 9.59 Å². The molecule has 1 aliphatic rings. The Morgan fingerprint density at radius 1 is 1.28 bits per heavy atom. The Balaban J connectivity index is 2.50.